The summed E-state index contributed by atoms with van der Waals surface area (Å²) in [7, 11) is 1.32. The Morgan fingerprint density at radius 3 is 2.84 bits per heavy atom. The van der Waals surface area contributed by atoms with E-state index in [1.54, 1.807) is 24.3 Å². The van der Waals surface area contributed by atoms with Crippen molar-refractivity contribution in [2.45, 2.75) is 31.9 Å². The Kier molecular flexibility index (Phi) is 5.08. The topological polar surface area (TPSA) is 106 Å². The Morgan fingerprint density at radius 1 is 1.36 bits per heavy atom. The third-order valence-corrected chi connectivity index (χ3v) is 4.11. The molecule has 1 aliphatic rings. The fourth-order valence-electron chi connectivity index (χ4n) is 2.71. The van der Waals surface area contributed by atoms with E-state index in [0.29, 0.717) is 35.8 Å². The number of aromatic nitrogens is 2. The van der Waals surface area contributed by atoms with E-state index in [1.165, 1.54) is 12.0 Å². The monoisotopic (exact) mass is 345 g/mol. The van der Waals surface area contributed by atoms with Crippen LogP contribution >= 0.6 is 0 Å². The maximum Gasteiger partial charge on any atom is 0.337 e. The molecular weight excluding hydrogens is 326 g/mol. The predicted molar refractivity (Wildman–Crippen MR) is 86.3 cm³/mol. The second-order valence-corrected chi connectivity index (χ2v) is 5.85. The van der Waals surface area contributed by atoms with Crippen LogP contribution in [0.3, 0.4) is 0 Å². The molecule has 132 valence electrons. The highest BCUT2D eigenvalue weighted by molar-refractivity contribution is 5.89. The van der Waals surface area contributed by atoms with E-state index >= 15 is 0 Å². The number of methoxy groups -OCH3 is 1. The molecular formula is C17H19N3O5. The molecule has 0 bridgehead atoms. The van der Waals surface area contributed by atoms with Crippen molar-refractivity contribution in [1.29, 1.82) is 0 Å². The summed E-state index contributed by atoms with van der Waals surface area (Å²) >= 11 is 0. The van der Waals surface area contributed by atoms with Crippen molar-refractivity contribution in [2.24, 2.45) is 0 Å². The van der Waals surface area contributed by atoms with Gasteiger partial charge in [-0.1, -0.05) is 17.3 Å². The number of benzene rings is 1. The average molecular weight is 345 g/mol. The van der Waals surface area contributed by atoms with Gasteiger partial charge in [0.25, 0.3) is 5.91 Å². The summed E-state index contributed by atoms with van der Waals surface area (Å²) in [6.45, 7) is 0.727. The maximum atomic E-state index is 12.1. The number of aliphatic hydroxyl groups excluding tert-OH is 1. The second-order valence-electron chi connectivity index (χ2n) is 5.85. The Balaban J connectivity index is 1.71. The van der Waals surface area contributed by atoms with Gasteiger partial charge in [0.2, 0.25) is 11.7 Å². The highest BCUT2D eigenvalue weighted by atomic mass is 16.5. The number of rotatable bonds is 4. The van der Waals surface area contributed by atoms with E-state index < -0.39 is 12.1 Å². The SMILES string of the molecule is COC(=O)c1ccc(-c2noc(CN3CCCCC(O)C3=O)n2)cc1. The molecule has 8 nitrogen and oxygen atoms in total. The number of esters is 1. The van der Waals surface area contributed by atoms with Crippen molar-refractivity contribution >= 4 is 11.9 Å². The molecule has 1 amide bonds. The molecule has 1 fully saturated rings. The Hall–Kier alpha value is -2.74. The smallest absolute Gasteiger partial charge is 0.337 e. The van der Waals surface area contributed by atoms with Crippen LogP contribution in [0.15, 0.2) is 28.8 Å². The Morgan fingerprint density at radius 2 is 2.12 bits per heavy atom. The summed E-state index contributed by atoms with van der Waals surface area (Å²) in [5.41, 5.74) is 1.11. The minimum atomic E-state index is -0.962. The van der Waals surface area contributed by atoms with Crippen LogP contribution in [-0.2, 0) is 16.1 Å². The van der Waals surface area contributed by atoms with Crippen LogP contribution in [0, 0.1) is 0 Å². The number of hydrogen-bond acceptors (Lipinski definition) is 7. The van der Waals surface area contributed by atoms with Crippen molar-refractivity contribution in [3.63, 3.8) is 0 Å². The average Bonchev–Trinajstić information content (AvgIpc) is 3.05. The maximum absolute atomic E-state index is 12.1. The molecule has 0 aliphatic carbocycles. The number of ether oxygens (including phenoxy) is 1. The first kappa shape index (κ1) is 17.1. The Labute approximate surface area is 144 Å². The molecule has 1 aliphatic heterocycles. The van der Waals surface area contributed by atoms with Crippen LogP contribution in [0.4, 0.5) is 0 Å². The predicted octanol–water partition coefficient (Wildman–Crippen LogP) is 1.40. The van der Waals surface area contributed by atoms with Gasteiger partial charge in [-0.15, -0.1) is 0 Å². The number of hydrogen-bond donors (Lipinski definition) is 1. The molecule has 0 radical (unpaired) electrons. The van der Waals surface area contributed by atoms with Gasteiger partial charge in [-0.05, 0) is 31.4 Å². The van der Waals surface area contributed by atoms with Gasteiger partial charge in [-0.3, -0.25) is 4.79 Å². The molecule has 8 heteroatoms. The molecule has 1 N–H and O–H groups in total. The van der Waals surface area contributed by atoms with E-state index in [9.17, 15) is 14.7 Å². The molecule has 1 atom stereocenters. The number of carbonyl (C=O) groups is 2. The normalized spacial score (nSPS) is 18.1. The van der Waals surface area contributed by atoms with Gasteiger partial charge in [-0.25, -0.2) is 4.79 Å². The lowest BCUT2D eigenvalue weighted by molar-refractivity contribution is -0.140. The third kappa shape index (κ3) is 3.85. The largest absolute Gasteiger partial charge is 0.465 e. The fraction of sp³-hybridized carbons (Fsp3) is 0.412. The number of aliphatic hydroxyl groups is 1. The minimum absolute atomic E-state index is 0.170. The second kappa shape index (κ2) is 7.43. The quantitative estimate of drug-likeness (QED) is 0.835. The van der Waals surface area contributed by atoms with Gasteiger partial charge in [0.05, 0.1) is 12.7 Å². The van der Waals surface area contributed by atoms with Gasteiger partial charge >= 0.3 is 5.97 Å². The van der Waals surface area contributed by atoms with Gasteiger partial charge in [-0.2, -0.15) is 4.98 Å². The highest BCUT2D eigenvalue weighted by Crippen LogP contribution is 2.19. The fourth-order valence-corrected chi connectivity index (χ4v) is 2.71. The van der Waals surface area contributed by atoms with E-state index in [1.807, 2.05) is 0 Å². The first-order chi connectivity index (χ1) is 12.1. The number of amides is 1. The van der Waals surface area contributed by atoms with Gasteiger partial charge < -0.3 is 19.3 Å². The summed E-state index contributed by atoms with van der Waals surface area (Å²) < 4.78 is 9.87. The van der Waals surface area contributed by atoms with E-state index in [-0.39, 0.29) is 12.5 Å². The van der Waals surface area contributed by atoms with Crippen molar-refractivity contribution in [3.05, 3.63) is 35.7 Å². The summed E-state index contributed by atoms with van der Waals surface area (Å²) in [6, 6.07) is 6.63. The Bertz CT molecular complexity index is 756. The molecule has 0 spiro atoms. The van der Waals surface area contributed by atoms with E-state index in [4.69, 9.17) is 4.52 Å². The number of nitrogens with zero attached hydrogens (tertiary/aromatic N) is 3. The highest BCUT2D eigenvalue weighted by Gasteiger charge is 2.26. The van der Waals surface area contributed by atoms with Gasteiger partial charge in [0, 0.05) is 12.1 Å². The number of carbonyl (C=O) groups excluding carboxylic acids is 2. The zero-order chi connectivity index (χ0) is 17.8. The molecule has 1 unspecified atom stereocenters. The van der Waals surface area contributed by atoms with Crippen LogP contribution in [0.1, 0.15) is 35.5 Å². The zero-order valence-electron chi connectivity index (χ0n) is 13.8. The lowest BCUT2D eigenvalue weighted by atomic mass is 10.1. The van der Waals surface area contributed by atoms with Crippen molar-refractivity contribution < 1.29 is 24.0 Å². The first-order valence-corrected chi connectivity index (χ1v) is 8.06. The molecule has 3 rings (SSSR count). The third-order valence-electron chi connectivity index (χ3n) is 4.11. The van der Waals surface area contributed by atoms with Gasteiger partial charge in [0.15, 0.2) is 0 Å². The van der Waals surface area contributed by atoms with Crippen LogP contribution in [0.2, 0.25) is 0 Å². The van der Waals surface area contributed by atoms with Crippen molar-refractivity contribution in [1.82, 2.24) is 15.0 Å². The first-order valence-electron chi connectivity index (χ1n) is 8.06. The molecule has 25 heavy (non-hydrogen) atoms. The number of likely N-dealkylation sites (tertiary alicyclic amines) is 1. The van der Waals surface area contributed by atoms with Gasteiger partial charge in [0.1, 0.15) is 12.6 Å². The van der Waals surface area contributed by atoms with Crippen LogP contribution in [0.25, 0.3) is 11.4 Å². The van der Waals surface area contributed by atoms with E-state index in [2.05, 4.69) is 14.9 Å². The minimum Gasteiger partial charge on any atom is -0.465 e. The molecule has 2 heterocycles. The lowest BCUT2D eigenvalue weighted by Crippen LogP contribution is -2.37. The summed E-state index contributed by atoms with van der Waals surface area (Å²) in [5, 5.41) is 13.7. The summed E-state index contributed by atoms with van der Waals surface area (Å²) in [5.74, 6) is -0.0537. The summed E-state index contributed by atoms with van der Waals surface area (Å²) in [6.07, 6.45) is 1.16. The van der Waals surface area contributed by atoms with Crippen LogP contribution < -0.4 is 0 Å². The van der Waals surface area contributed by atoms with Crippen molar-refractivity contribution in [2.75, 3.05) is 13.7 Å². The molecule has 0 saturated carbocycles. The molecule has 2 aromatic rings. The molecule has 1 saturated heterocycles. The zero-order valence-corrected chi connectivity index (χ0v) is 13.8. The molecule has 1 aromatic carbocycles. The van der Waals surface area contributed by atoms with Crippen LogP contribution in [-0.4, -0.2) is 51.8 Å². The van der Waals surface area contributed by atoms with Crippen LogP contribution in [0.5, 0.6) is 0 Å². The van der Waals surface area contributed by atoms with E-state index in [0.717, 1.165) is 12.8 Å². The summed E-state index contributed by atoms with van der Waals surface area (Å²) in [4.78, 5) is 29.4. The van der Waals surface area contributed by atoms with Crippen molar-refractivity contribution in [3.8, 4) is 11.4 Å². The lowest BCUT2D eigenvalue weighted by Gasteiger charge is -2.19. The molecule has 1 aromatic heterocycles. The standard InChI is InChI=1S/C17H19N3O5/c1-24-17(23)12-7-5-11(6-8-12)15-18-14(25-19-15)10-20-9-3-2-4-13(21)16(20)22/h5-8,13,21H,2-4,9-10H2,1H3.